The van der Waals surface area contributed by atoms with Crippen LogP contribution >= 0.6 is 0 Å². The molecule has 1 aromatic rings. The Bertz CT molecular complexity index is 348. The van der Waals surface area contributed by atoms with Crippen molar-refractivity contribution in [2.75, 3.05) is 6.54 Å². The minimum absolute atomic E-state index is 0.160. The van der Waals surface area contributed by atoms with Gasteiger partial charge in [0.25, 0.3) is 5.91 Å². The molecule has 0 radical (unpaired) electrons. The molecule has 0 spiro atoms. The van der Waals surface area contributed by atoms with Gasteiger partial charge in [-0.15, -0.1) is 0 Å². The van der Waals surface area contributed by atoms with E-state index in [-0.39, 0.29) is 11.8 Å². The fraction of sp³-hybridized carbons (Fsp3) is 0.455. The summed E-state index contributed by atoms with van der Waals surface area (Å²) in [6, 6.07) is 1.60. The van der Waals surface area contributed by atoms with Gasteiger partial charge in [-0.05, 0) is 18.9 Å². The molecule has 0 saturated carbocycles. The Kier molecular flexibility index (Phi) is 5.81. The highest BCUT2D eigenvalue weighted by Gasteiger charge is 2.05. The Hall–Kier alpha value is -1.82. The largest absolute Gasteiger partial charge is 0.472 e. The lowest BCUT2D eigenvalue weighted by Gasteiger charge is -2.03. The highest BCUT2D eigenvalue weighted by Crippen LogP contribution is 2.01. The number of hydrogen-bond donors (Lipinski definition) is 3. The second kappa shape index (κ2) is 7.45. The minimum atomic E-state index is -0.382. The van der Waals surface area contributed by atoms with Crippen molar-refractivity contribution in [1.29, 1.82) is 0 Å². The van der Waals surface area contributed by atoms with Gasteiger partial charge in [0.05, 0.1) is 11.8 Å². The van der Waals surface area contributed by atoms with Crippen LogP contribution in [0.5, 0.6) is 0 Å². The van der Waals surface area contributed by atoms with Gasteiger partial charge in [-0.1, -0.05) is 6.42 Å². The number of carbonyl (C=O) groups excluding carboxylic acids is 2. The van der Waals surface area contributed by atoms with Crippen LogP contribution in [0.1, 0.15) is 36.0 Å². The quantitative estimate of drug-likeness (QED) is 0.378. The van der Waals surface area contributed by atoms with Crippen LogP contribution in [-0.4, -0.2) is 23.6 Å². The van der Waals surface area contributed by atoms with Crippen molar-refractivity contribution < 1.29 is 19.2 Å². The Labute approximate surface area is 99.0 Å². The summed E-state index contributed by atoms with van der Waals surface area (Å²) in [5, 5.41) is 11.0. The van der Waals surface area contributed by atoms with Crippen LogP contribution in [0.25, 0.3) is 0 Å². The molecule has 1 aromatic heterocycles. The number of carbonyl (C=O) groups is 2. The maximum atomic E-state index is 11.4. The first-order valence-electron chi connectivity index (χ1n) is 5.47. The minimum Gasteiger partial charge on any atom is -0.472 e. The molecular formula is C11H16N2O4. The third-order valence-corrected chi connectivity index (χ3v) is 2.27. The molecule has 0 bridgehead atoms. The van der Waals surface area contributed by atoms with E-state index in [1.54, 1.807) is 11.5 Å². The van der Waals surface area contributed by atoms with Gasteiger partial charge in [0.1, 0.15) is 6.26 Å². The predicted molar refractivity (Wildman–Crippen MR) is 59.4 cm³/mol. The van der Waals surface area contributed by atoms with Gasteiger partial charge >= 0.3 is 0 Å². The van der Waals surface area contributed by atoms with Crippen molar-refractivity contribution >= 4 is 11.8 Å². The summed E-state index contributed by atoms with van der Waals surface area (Å²) in [5.41, 5.74) is 2.08. The molecule has 0 unspecified atom stereocenters. The second-order valence-corrected chi connectivity index (χ2v) is 3.61. The maximum Gasteiger partial charge on any atom is 0.254 e. The molecule has 94 valence electrons. The van der Waals surface area contributed by atoms with Crippen LogP contribution in [0.3, 0.4) is 0 Å². The van der Waals surface area contributed by atoms with E-state index in [1.807, 2.05) is 0 Å². The van der Waals surface area contributed by atoms with E-state index in [2.05, 4.69) is 5.32 Å². The first-order chi connectivity index (χ1) is 8.24. The van der Waals surface area contributed by atoms with Crippen molar-refractivity contribution in [1.82, 2.24) is 10.8 Å². The average Bonchev–Trinajstić information content (AvgIpc) is 2.86. The van der Waals surface area contributed by atoms with Gasteiger partial charge in [0.15, 0.2) is 0 Å². The zero-order valence-electron chi connectivity index (χ0n) is 9.44. The number of unbranched alkanes of at least 4 members (excludes halogenated alkanes) is 2. The molecule has 0 aliphatic heterocycles. The normalized spacial score (nSPS) is 9.94. The highest BCUT2D eigenvalue weighted by atomic mass is 16.5. The van der Waals surface area contributed by atoms with Crippen LogP contribution < -0.4 is 10.8 Å². The number of hydroxylamine groups is 1. The van der Waals surface area contributed by atoms with E-state index < -0.39 is 0 Å². The number of furan rings is 1. The SMILES string of the molecule is O=C(CCCCCNC(=O)c1ccoc1)NO. The van der Waals surface area contributed by atoms with Crippen LogP contribution in [0, 0.1) is 0 Å². The Morgan fingerprint density at radius 2 is 2.12 bits per heavy atom. The summed E-state index contributed by atoms with van der Waals surface area (Å²) in [6.45, 7) is 0.560. The van der Waals surface area contributed by atoms with Gasteiger partial charge in [-0.2, -0.15) is 0 Å². The smallest absolute Gasteiger partial charge is 0.254 e. The standard InChI is InChI=1S/C11H16N2O4/c14-10(13-16)4-2-1-3-6-12-11(15)9-5-7-17-8-9/h5,7-8,16H,1-4,6H2,(H,12,15)(H,13,14). The van der Waals surface area contributed by atoms with Crippen molar-refractivity contribution in [3.05, 3.63) is 24.2 Å². The lowest BCUT2D eigenvalue weighted by Crippen LogP contribution is -2.24. The fourth-order valence-electron chi connectivity index (χ4n) is 1.34. The van der Waals surface area contributed by atoms with Gasteiger partial charge in [-0.25, -0.2) is 5.48 Å². The van der Waals surface area contributed by atoms with E-state index in [0.717, 1.165) is 12.8 Å². The highest BCUT2D eigenvalue weighted by molar-refractivity contribution is 5.93. The molecule has 0 fully saturated rings. The Morgan fingerprint density at radius 3 is 2.76 bits per heavy atom. The monoisotopic (exact) mass is 240 g/mol. The zero-order valence-corrected chi connectivity index (χ0v) is 9.44. The van der Waals surface area contributed by atoms with Crippen LogP contribution in [0.4, 0.5) is 0 Å². The van der Waals surface area contributed by atoms with Crippen molar-refractivity contribution in [2.24, 2.45) is 0 Å². The first-order valence-corrected chi connectivity index (χ1v) is 5.47. The van der Waals surface area contributed by atoms with E-state index in [1.165, 1.54) is 12.5 Å². The molecule has 0 aliphatic carbocycles. The topological polar surface area (TPSA) is 91.6 Å². The molecule has 2 amide bonds. The van der Waals surface area contributed by atoms with E-state index in [4.69, 9.17) is 9.62 Å². The van der Waals surface area contributed by atoms with Crippen molar-refractivity contribution in [2.45, 2.75) is 25.7 Å². The lowest BCUT2D eigenvalue weighted by molar-refractivity contribution is -0.129. The third-order valence-electron chi connectivity index (χ3n) is 2.27. The fourth-order valence-corrected chi connectivity index (χ4v) is 1.34. The molecule has 0 saturated heterocycles. The second-order valence-electron chi connectivity index (χ2n) is 3.61. The van der Waals surface area contributed by atoms with E-state index in [9.17, 15) is 9.59 Å². The van der Waals surface area contributed by atoms with Crippen molar-refractivity contribution in [3.8, 4) is 0 Å². The maximum absolute atomic E-state index is 11.4. The molecule has 3 N–H and O–H groups in total. The van der Waals surface area contributed by atoms with Gasteiger partial charge in [0, 0.05) is 13.0 Å². The molecule has 6 heteroatoms. The van der Waals surface area contributed by atoms with Gasteiger partial charge in [0.2, 0.25) is 5.91 Å². The summed E-state index contributed by atoms with van der Waals surface area (Å²) in [4.78, 5) is 22.1. The van der Waals surface area contributed by atoms with E-state index in [0.29, 0.717) is 24.9 Å². The predicted octanol–water partition coefficient (Wildman–Crippen LogP) is 1.08. The first kappa shape index (κ1) is 13.2. The summed E-state index contributed by atoms with van der Waals surface area (Å²) in [5.74, 6) is -0.542. The Morgan fingerprint density at radius 1 is 1.29 bits per heavy atom. The summed E-state index contributed by atoms with van der Waals surface area (Å²) < 4.78 is 4.79. The molecule has 6 nitrogen and oxygen atoms in total. The van der Waals surface area contributed by atoms with E-state index >= 15 is 0 Å². The molecule has 0 aliphatic rings. The third kappa shape index (κ3) is 5.17. The number of rotatable bonds is 7. The zero-order chi connectivity index (χ0) is 12.5. The van der Waals surface area contributed by atoms with Gasteiger partial charge in [-0.3, -0.25) is 14.8 Å². The summed E-state index contributed by atoms with van der Waals surface area (Å²) in [7, 11) is 0. The Balaban J connectivity index is 2.01. The molecule has 1 heterocycles. The number of amides is 2. The summed E-state index contributed by atoms with van der Waals surface area (Å²) >= 11 is 0. The van der Waals surface area contributed by atoms with Gasteiger partial charge < -0.3 is 9.73 Å². The number of nitrogens with one attached hydrogen (secondary N) is 2. The van der Waals surface area contributed by atoms with Crippen LogP contribution in [-0.2, 0) is 4.79 Å². The average molecular weight is 240 g/mol. The molecule has 0 aromatic carbocycles. The van der Waals surface area contributed by atoms with Crippen molar-refractivity contribution in [3.63, 3.8) is 0 Å². The molecular weight excluding hydrogens is 224 g/mol. The van der Waals surface area contributed by atoms with Crippen LogP contribution in [0.2, 0.25) is 0 Å². The molecule has 17 heavy (non-hydrogen) atoms. The van der Waals surface area contributed by atoms with Crippen LogP contribution in [0.15, 0.2) is 23.0 Å². The molecule has 1 rings (SSSR count). The summed E-state index contributed by atoms with van der Waals surface area (Å²) in [6.07, 6.45) is 5.44. The number of hydrogen-bond acceptors (Lipinski definition) is 4. The lowest BCUT2D eigenvalue weighted by atomic mass is 10.2. The molecule has 0 atom stereocenters.